The molecule has 0 saturated carbocycles. The standard InChI is InChI=1S/C24H32BrClFN5O3/c1-24(2,3)35-23(34)32-14-7-8-15(32)13-30(12-14)21-16-11-17(26)18(25)19(27)20(16)31(22(33)28-21)10-6-9-29(4)5/h11,14-15H,6-10,12-13H2,1-5H3. The Morgan fingerprint density at radius 1 is 1.29 bits per heavy atom. The van der Waals surface area contributed by atoms with Gasteiger partial charge < -0.3 is 14.5 Å². The number of amides is 1. The van der Waals surface area contributed by atoms with Gasteiger partial charge in [-0.3, -0.25) is 9.47 Å². The molecule has 0 spiro atoms. The number of hydrogen-bond acceptors (Lipinski definition) is 6. The van der Waals surface area contributed by atoms with Crippen LogP contribution in [0.2, 0.25) is 5.02 Å². The van der Waals surface area contributed by atoms with Crippen molar-refractivity contribution in [3.8, 4) is 0 Å². The van der Waals surface area contributed by atoms with E-state index >= 15 is 4.39 Å². The summed E-state index contributed by atoms with van der Waals surface area (Å²) in [5, 5.41) is 0.706. The lowest BCUT2D eigenvalue weighted by molar-refractivity contribution is 0.0123. The topological polar surface area (TPSA) is 70.9 Å². The summed E-state index contributed by atoms with van der Waals surface area (Å²) in [6, 6.07) is 1.52. The van der Waals surface area contributed by atoms with Crippen molar-refractivity contribution < 1.29 is 13.9 Å². The molecule has 2 saturated heterocycles. The van der Waals surface area contributed by atoms with Gasteiger partial charge in [0.2, 0.25) is 0 Å². The Hall–Kier alpha value is -1.91. The van der Waals surface area contributed by atoms with Crippen LogP contribution in [0.1, 0.15) is 40.0 Å². The minimum Gasteiger partial charge on any atom is -0.444 e. The highest BCUT2D eigenvalue weighted by Gasteiger charge is 2.45. The SMILES string of the molecule is CN(C)CCCn1c(=O)nc(N2CC3CCC(C2)N3C(=O)OC(C)(C)C)c2cc(Cl)c(Br)c(F)c21. The van der Waals surface area contributed by atoms with Gasteiger partial charge in [-0.15, -0.1) is 0 Å². The van der Waals surface area contributed by atoms with Gasteiger partial charge in [0, 0.05) is 25.0 Å². The quantitative estimate of drug-likeness (QED) is 0.492. The van der Waals surface area contributed by atoms with E-state index in [9.17, 15) is 9.59 Å². The molecule has 8 nitrogen and oxygen atoms in total. The van der Waals surface area contributed by atoms with Gasteiger partial charge in [0.25, 0.3) is 0 Å². The highest BCUT2D eigenvalue weighted by Crippen LogP contribution is 2.38. The van der Waals surface area contributed by atoms with Crippen molar-refractivity contribution in [3.63, 3.8) is 0 Å². The lowest BCUT2D eigenvalue weighted by Gasteiger charge is -2.42. The molecular formula is C24H32BrClFN5O3. The zero-order valence-electron chi connectivity index (χ0n) is 20.8. The maximum absolute atomic E-state index is 15.5. The van der Waals surface area contributed by atoms with E-state index in [1.165, 1.54) is 4.57 Å². The molecule has 2 unspecified atom stereocenters. The molecule has 4 rings (SSSR count). The maximum Gasteiger partial charge on any atom is 0.410 e. The lowest BCUT2D eigenvalue weighted by Crippen LogP contribution is -2.57. The second-order valence-corrected chi connectivity index (χ2v) is 11.8. The first-order chi connectivity index (χ1) is 16.4. The van der Waals surface area contributed by atoms with Crippen LogP contribution in [-0.4, -0.2) is 76.9 Å². The van der Waals surface area contributed by atoms with Gasteiger partial charge in [-0.2, -0.15) is 4.98 Å². The van der Waals surface area contributed by atoms with Crippen LogP contribution in [0.4, 0.5) is 15.0 Å². The first-order valence-corrected chi connectivity index (χ1v) is 13.0. The molecule has 2 aliphatic heterocycles. The average molecular weight is 573 g/mol. The number of rotatable bonds is 5. The van der Waals surface area contributed by atoms with Crippen molar-refractivity contribution in [1.29, 1.82) is 0 Å². The predicted molar refractivity (Wildman–Crippen MR) is 139 cm³/mol. The molecule has 0 aliphatic carbocycles. The molecule has 2 aromatic rings. The molecule has 192 valence electrons. The Labute approximate surface area is 218 Å². The van der Waals surface area contributed by atoms with Gasteiger partial charge in [-0.25, -0.2) is 14.0 Å². The number of carbonyl (C=O) groups excluding carboxylic acids is 1. The molecular weight excluding hydrogens is 541 g/mol. The van der Waals surface area contributed by atoms with Crippen LogP contribution in [-0.2, 0) is 11.3 Å². The summed E-state index contributed by atoms with van der Waals surface area (Å²) in [7, 11) is 3.90. The summed E-state index contributed by atoms with van der Waals surface area (Å²) in [5.41, 5.74) is -0.886. The number of piperazine rings is 1. The van der Waals surface area contributed by atoms with E-state index < -0.39 is 17.1 Å². The number of hydrogen-bond donors (Lipinski definition) is 0. The van der Waals surface area contributed by atoms with Crippen molar-refractivity contribution in [2.24, 2.45) is 0 Å². The molecule has 11 heteroatoms. The second kappa shape index (κ2) is 9.86. The van der Waals surface area contributed by atoms with Crippen molar-refractivity contribution in [3.05, 3.63) is 31.9 Å². The number of carbonyl (C=O) groups is 1. The van der Waals surface area contributed by atoms with Crippen LogP contribution in [0.3, 0.4) is 0 Å². The van der Waals surface area contributed by atoms with E-state index in [2.05, 4.69) is 20.9 Å². The van der Waals surface area contributed by atoms with Crippen LogP contribution >= 0.6 is 27.5 Å². The van der Waals surface area contributed by atoms with Crippen LogP contribution in [0.25, 0.3) is 10.9 Å². The molecule has 0 N–H and O–H groups in total. The van der Waals surface area contributed by atoms with Gasteiger partial charge in [0.05, 0.1) is 27.1 Å². The average Bonchev–Trinajstić information content (AvgIpc) is 3.02. The van der Waals surface area contributed by atoms with Gasteiger partial charge in [0.15, 0.2) is 5.82 Å². The monoisotopic (exact) mass is 571 g/mol. The Balaban J connectivity index is 1.72. The number of benzene rings is 1. The normalized spacial score (nSPS) is 20.3. The lowest BCUT2D eigenvalue weighted by atomic mass is 10.1. The summed E-state index contributed by atoms with van der Waals surface area (Å²) in [6.45, 7) is 7.61. The van der Waals surface area contributed by atoms with E-state index in [0.29, 0.717) is 37.3 Å². The third kappa shape index (κ3) is 5.29. The van der Waals surface area contributed by atoms with E-state index in [1.807, 2.05) is 49.6 Å². The van der Waals surface area contributed by atoms with Gasteiger partial charge >= 0.3 is 11.8 Å². The minimum absolute atomic E-state index is 0.0706. The van der Waals surface area contributed by atoms with E-state index in [0.717, 1.165) is 19.4 Å². The fourth-order valence-electron chi connectivity index (χ4n) is 5.01. The molecule has 3 heterocycles. The summed E-state index contributed by atoms with van der Waals surface area (Å²) in [5.74, 6) is -0.170. The zero-order chi connectivity index (χ0) is 25.7. The molecule has 1 aromatic heterocycles. The van der Waals surface area contributed by atoms with Gasteiger partial charge in [0.1, 0.15) is 11.4 Å². The molecule has 2 aliphatic rings. The number of nitrogens with zero attached hydrogens (tertiary/aromatic N) is 5. The number of ether oxygens (including phenoxy) is 1. The van der Waals surface area contributed by atoms with Crippen LogP contribution in [0.5, 0.6) is 0 Å². The molecule has 1 aromatic carbocycles. The van der Waals surface area contributed by atoms with Crippen molar-refractivity contribution >= 4 is 50.3 Å². The van der Waals surface area contributed by atoms with Crippen molar-refractivity contribution in [2.75, 3.05) is 38.6 Å². The molecule has 2 fully saturated rings. The zero-order valence-corrected chi connectivity index (χ0v) is 23.1. The summed E-state index contributed by atoms with van der Waals surface area (Å²) >= 11 is 9.57. The summed E-state index contributed by atoms with van der Waals surface area (Å²) < 4.78 is 22.7. The Bertz CT molecular complexity index is 1180. The van der Waals surface area contributed by atoms with E-state index in [-0.39, 0.29) is 33.2 Å². The Kier molecular flexibility index (Phi) is 7.37. The molecule has 2 atom stereocenters. The maximum atomic E-state index is 15.5. The number of halogens is 3. The summed E-state index contributed by atoms with van der Waals surface area (Å²) in [6.07, 6.45) is 2.01. The van der Waals surface area contributed by atoms with Crippen LogP contribution < -0.4 is 10.6 Å². The van der Waals surface area contributed by atoms with Gasteiger partial charge in [-0.05, 0) is 82.7 Å². The fourth-order valence-corrected chi connectivity index (χ4v) is 5.50. The molecule has 1 amide bonds. The van der Waals surface area contributed by atoms with E-state index in [4.69, 9.17) is 16.3 Å². The highest BCUT2D eigenvalue weighted by atomic mass is 79.9. The largest absolute Gasteiger partial charge is 0.444 e. The first kappa shape index (κ1) is 26.2. The molecule has 2 bridgehead atoms. The first-order valence-electron chi connectivity index (χ1n) is 11.9. The number of aryl methyl sites for hydroxylation is 1. The fraction of sp³-hybridized carbons (Fsp3) is 0.625. The number of aromatic nitrogens is 2. The van der Waals surface area contributed by atoms with Crippen LogP contribution in [0, 0.1) is 5.82 Å². The van der Waals surface area contributed by atoms with Crippen molar-refractivity contribution in [2.45, 2.75) is 64.3 Å². The molecule has 0 radical (unpaired) electrons. The third-order valence-corrected chi connectivity index (χ3v) is 7.75. The van der Waals surface area contributed by atoms with E-state index in [1.54, 1.807) is 6.07 Å². The smallest absolute Gasteiger partial charge is 0.410 e. The third-order valence-electron chi connectivity index (χ3n) is 6.45. The number of anilines is 1. The van der Waals surface area contributed by atoms with Crippen molar-refractivity contribution in [1.82, 2.24) is 19.4 Å². The Morgan fingerprint density at radius 2 is 1.91 bits per heavy atom. The Morgan fingerprint density at radius 3 is 2.49 bits per heavy atom. The molecule has 35 heavy (non-hydrogen) atoms. The number of fused-ring (bicyclic) bond motifs is 3. The minimum atomic E-state index is -0.579. The summed E-state index contributed by atoms with van der Waals surface area (Å²) in [4.78, 5) is 36.2. The van der Waals surface area contributed by atoms with Gasteiger partial charge in [-0.1, -0.05) is 11.6 Å². The van der Waals surface area contributed by atoms with Crippen LogP contribution in [0.15, 0.2) is 15.3 Å². The highest BCUT2D eigenvalue weighted by molar-refractivity contribution is 9.10. The predicted octanol–water partition coefficient (Wildman–Crippen LogP) is 4.49. The second-order valence-electron chi connectivity index (χ2n) is 10.6.